The van der Waals surface area contributed by atoms with Crippen molar-refractivity contribution in [2.45, 2.75) is 23.8 Å². The SMILES string of the molecule is COC(C)CNS(=O)(=O)c1ccc(CCl)cc1. The van der Waals surface area contributed by atoms with Crippen LogP contribution in [0.4, 0.5) is 0 Å². The maximum absolute atomic E-state index is 11.9. The zero-order valence-corrected chi connectivity index (χ0v) is 11.4. The highest BCUT2D eigenvalue weighted by molar-refractivity contribution is 7.89. The summed E-state index contributed by atoms with van der Waals surface area (Å²) in [6.45, 7) is 2.04. The fourth-order valence-electron chi connectivity index (χ4n) is 1.15. The van der Waals surface area contributed by atoms with E-state index in [0.29, 0.717) is 5.88 Å². The summed E-state index contributed by atoms with van der Waals surface area (Å²) < 4.78 is 31.2. The molecule has 17 heavy (non-hydrogen) atoms. The van der Waals surface area contributed by atoms with Gasteiger partial charge in [-0.1, -0.05) is 12.1 Å². The number of rotatable bonds is 6. The third kappa shape index (κ3) is 4.27. The average molecular weight is 278 g/mol. The molecule has 0 amide bonds. The van der Waals surface area contributed by atoms with Crippen molar-refractivity contribution in [1.29, 1.82) is 0 Å². The quantitative estimate of drug-likeness (QED) is 0.806. The third-order valence-corrected chi connectivity index (χ3v) is 4.10. The van der Waals surface area contributed by atoms with Gasteiger partial charge in [-0.15, -0.1) is 11.6 Å². The Bertz CT molecular complexity index is 444. The number of ether oxygens (including phenoxy) is 1. The van der Waals surface area contributed by atoms with Crippen LogP contribution >= 0.6 is 11.6 Å². The molecule has 1 N–H and O–H groups in total. The number of alkyl halides is 1. The Kier molecular flexibility index (Phi) is 5.39. The number of hydrogen-bond donors (Lipinski definition) is 1. The summed E-state index contributed by atoms with van der Waals surface area (Å²) in [6, 6.07) is 6.47. The molecule has 1 atom stereocenters. The van der Waals surface area contributed by atoms with Crippen molar-refractivity contribution < 1.29 is 13.2 Å². The Hall–Kier alpha value is -0.620. The molecule has 1 aromatic rings. The van der Waals surface area contributed by atoms with E-state index in [0.717, 1.165) is 5.56 Å². The highest BCUT2D eigenvalue weighted by atomic mass is 35.5. The van der Waals surface area contributed by atoms with Crippen LogP contribution < -0.4 is 4.72 Å². The van der Waals surface area contributed by atoms with E-state index in [1.54, 1.807) is 19.1 Å². The van der Waals surface area contributed by atoms with E-state index in [1.165, 1.54) is 19.2 Å². The molecule has 1 unspecified atom stereocenters. The largest absolute Gasteiger partial charge is 0.380 e. The Labute approximate surface area is 107 Å². The number of methoxy groups -OCH3 is 1. The standard InChI is InChI=1S/C11H16ClNO3S/c1-9(16-2)8-13-17(14,15)11-5-3-10(7-12)4-6-11/h3-6,9,13H,7-8H2,1-2H3. The lowest BCUT2D eigenvalue weighted by Crippen LogP contribution is -2.31. The molecular formula is C11H16ClNO3S. The van der Waals surface area contributed by atoms with Crippen molar-refractivity contribution in [3.8, 4) is 0 Å². The van der Waals surface area contributed by atoms with Crippen LogP contribution in [0.15, 0.2) is 29.2 Å². The number of nitrogens with one attached hydrogen (secondary N) is 1. The van der Waals surface area contributed by atoms with Crippen molar-refractivity contribution in [3.05, 3.63) is 29.8 Å². The molecule has 6 heteroatoms. The average Bonchev–Trinajstić information content (AvgIpc) is 2.36. The van der Waals surface area contributed by atoms with Crippen LogP contribution in [0.2, 0.25) is 0 Å². The highest BCUT2D eigenvalue weighted by Crippen LogP contribution is 2.11. The Morgan fingerprint density at radius 2 is 1.94 bits per heavy atom. The molecule has 0 spiro atoms. The van der Waals surface area contributed by atoms with Gasteiger partial charge >= 0.3 is 0 Å². The molecule has 1 aromatic carbocycles. The maximum atomic E-state index is 11.9. The lowest BCUT2D eigenvalue weighted by Gasteiger charge is -2.11. The van der Waals surface area contributed by atoms with Gasteiger partial charge in [0.05, 0.1) is 11.0 Å². The van der Waals surface area contributed by atoms with Crippen molar-refractivity contribution in [2.75, 3.05) is 13.7 Å². The Morgan fingerprint density at radius 3 is 2.41 bits per heavy atom. The van der Waals surface area contributed by atoms with Crippen LogP contribution in [0.3, 0.4) is 0 Å². The van der Waals surface area contributed by atoms with Gasteiger partial charge in [-0.2, -0.15) is 0 Å². The zero-order chi connectivity index (χ0) is 12.9. The van der Waals surface area contributed by atoms with Gasteiger partial charge in [-0.05, 0) is 24.6 Å². The summed E-state index contributed by atoms with van der Waals surface area (Å²) in [6.07, 6.45) is -0.160. The highest BCUT2D eigenvalue weighted by Gasteiger charge is 2.14. The molecule has 0 heterocycles. The zero-order valence-electron chi connectivity index (χ0n) is 9.81. The third-order valence-electron chi connectivity index (χ3n) is 2.35. The Balaban J connectivity index is 2.75. The minimum absolute atomic E-state index is 0.160. The molecule has 0 saturated heterocycles. The summed E-state index contributed by atoms with van der Waals surface area (Å²) in [5.74, 6) is 0.370. The monoisotopic (exact) mass is 277 g/mol. The first-order chi connectivity index (χ1) is 7.99. The first kappa shape index (κ1) is 14.4. The fraction of sp³-hybridized carbons (Fsp3) is 0.455. The van der Waals surface area contributed by atoms with Crippen molar-refractivity contribution in [2.24, 2.45) is 0 Å². The second-order valence-corrected chi connectivity index (χ2v) is 5.71. The molecule has 4 nitrogen and oxygen atoms in total. The normalized spacial score (nSPS) is 13.6. The van der Waals surface area contributed by atoms with E-state index in [4.69, 9.17) is 16.3 Å². The molecule has 0 aromatic heterocycles. The van der Waals surface area contributed by atoms with E-state index >= 15 is 0 Å². The van der Waals surface area contributed by atoms with Gasteiger partial charge in [-0.25, -0.2) is 13.1 Å². The van der Waals surface area contributed by atoms with Crippen molar-refractivity contribution >= 4 is 21.6 Å². The first-order valence-electron chi connectivity index (χ1n) is 5.17. The van der Waals surface area contributed by atoms with E-state index in [1.807, 2.05) is 0 Å². The molecule has 0 radical (unpaired) electrons. The van der Waals surface area contributed by atoms with Gasteiger partial charge in [-0.3, -0.25) is 0 Å². The molecular weight excluding hydrogens is 262 g/mol. The predicted molar refractivity (Wildman–Crippen MR) is 67.7 cm³/mol. The molecule has 1 rings (SSSR count). The van der Waals surface area contributed by atoms with Gasteiger partial charge in [0.1, 0.15) is 0 Å². The lowest BCUT2D eigenvalue weighted by atomic mass is 10.2. The number of hydrogen-bond acceptors (Lipinski definition) is 3. The van der Waals surface area contributed by atoms with E-state index < -0.39 is 10.0 Å². The summed E-state index contributed by atoms with van der Waals surface area (Å²) in [5.41, 5.74) is 0.885. The summed E-state index contributed by atoms with van der Waals surface area (Å²) in [5, 5.41) is 0. The van der Waals surface area contributed by atoms with Gasteiger partial charge in [0.15, 0.2) is 0 Å². The molecule has 0 saturated carbocycles. The maximum Gasteiger partial charge on any atom is 0.240 e. The number of benzene rings is 1. The topological polar surface area (TPSA) is 55.4 Å². The summed E-state index contributed by atoms with van der Waals surface area (Å²) in [7, 11) is -1.93. The van der Waals surface area contributed by atoms with E-state index in [2.05, 4.69) is 4.72 Å². The summed E-state index contributed by atoms with van der Waals surface area (Å²) in [4.78, 5) is 0.231. The molecule has 0 aliphatic carbocycles. The van der Waals surface area contributed by atoms with Crippen molar-refractivity contribution in [1.82, 2.24) is 4.72 Å². The Morgan fingerprint density at radius 1 is 1.35 bits per heavy atom. The second-order valence-electron chi connectivity index (χ2n) is 3.68. The lowest BCUT2D eigenvalue weighted by molar-refractivity contribution is 0.122. The van der Waals surface area contributed by atoms with Gasteiger partial charge in [0.2, 0.25) is 10.0 Å². The fourth-order valence-corrected chi connectivity index (χ4v) is 2.44. The van der Waals surface area contributed by atoms with Gasteiger partial charge in [0.25, 0.3) is 0 Å². The molecule has 0 aliphatic rings. The van der Waals surface area contributed by atoms with Crippen LogP contribution in [0, 0.1) is 0 Å². The smallest absolute Gasteiger partial charge is 0.240 e. The minimum Gasteiger partial charge on any atom is -0.380 e. The van der Waals surface area contributed by atoms with Crippen LogP contribution in [0.1, 0.15) is 12.5 Å². The molecule has 0 fully saturated rings. The van der Waals surface area contributed by atoms with Gasteiger partial charge in [0, 0.05) is 19.5 Å². The van der Waals surface area contributed by atoms with Crippen molar-refractivity contribution in [3.63, 3.8) is 0 Å². The minimum atomic E-state index is -3.46. The number of sulfonamides is 1. The number of halogens is 1. The molecule has 96 valence electrons. The van der Waals surface area contributed by atoms with Gasteiger partial charge < -0.3 is 4.74 Å². The predicted octanol–water partition coefficient (Wildman–Crippen LogP) is 1.74. The summed E-state index contributed by atoms with van der Waals surface area (Å²) >= 11 is 5.63. The second kappa shape index (κ2) is 6.35. The van der Waals surface area contributed by atoms with Crippen LogP contribution in [0.5, 0.6) is 0 Å². The van der Waals surface area contributed by atoms with E-state index in [9.17, 15) is 8.42 Å². The molecule has 0 aliphatic heterocycles. The van der Waals surface area contributed by atoms with Crippen LogP contribution in [0.25, 0.3) is 0 Å². The first-order valence-corrected chi connectivity index (χ1v) is 7.18. The van der Waals surface area contributed by atoms with E-state index in [-0.39, 0.29) is 17.5 Å². The van der Waals surface area contributed by atoms with Crippen LogP contribution in [-0.4, -0.2) is 28.2 Å². The van der Waals surface area contributed by atoms with Crippen LogP contribution in [-0.2, 0) is 20.6 Å². The molecule has 0 bridgehead atoms.